The molecule has 0 unspecified atom stereocenters. The number of aryl methyl sites for hydroxylation is 2. The molecule has 0 saturated heterocycles. The third kappa shape index (κ3) is 2.22. The maximum absolute atomic E-state index is 12.1. The summed E-state index contributed by atoms with van der Waals surface area (Å²) in [5.41, 5.74) is 0.604. The van der Waals surface area contributed by atoms with E-state index in [0.717, 1.165) is 5.52 Å². The molecule has 19 heavy (non-hydrogen) atoms. The van der Waals surface area contributed by atoms with Gasteiger partial charge in [-0.15, -0.1) is 11.3 Å². The maximum Gasteiger partial charge on any atom is 0.271 e. The molecule has 3 rings (SSSR count). The van der Waals surface area contributed by atoms with Crippen LogP contribution in [0.5, 0.6) is 0 Å². The summed E-state index contributed by atoms with van der Waals surface area (Å²) in [6.07, 6.45) is 3.25. The van der Waals surface area contributed by atoms with Crippen LogP contribution in [0.15, 0.2) is 51.8 Å². The molecule has 0 aromatic carbocycles. The molecule has 3 aromatic rings. The predicted octanol–water partition coefficient (Wildman–Crippen LogP) is 1.32. The quantitative estimate of drug-likeness (QED) is 0.723. The summed E-state index contributed by atoms with van der Waals surface area (Å²) in [4.78, 5) is 27.9. The van der Waals surface area contributed by atoms with Gasteiger partial charge in [0.1, 0.15) is 4.70 Å². The SMILES string of the molecule is O=c1ccccn1CCn1cnc2ccsc2c1=O. The molecule has 0 spiro atoms. The zero-order valence-corrected chi connectivity index (χ0v) is 10.8. The standard InChI is InChI=1S/C13H11N3O2S/c17-11-3-1-2-5-15(11)6-7-16-9-14-10-4-8-19-12(10)13(16)18/h1-5,8-9H,6-7H2. The Morgan fingerprint density at radius 1 is 1.11 bits per heavy atom. The van der Waals surface area contributed by atoms with Gasteiger partial charge in [-0.3, -0.25) is 14.2 Å². The van der Waals surface area contributed by atoms with E-state index in [4.69, 9.17) is 0 Å². The van der Waals surface area contributed by atoms with Gasteiger partial charge in [-0.1, -0.05) is 6.07 Å². The molecule has 0 bridgehead atoms. The van der Waals surface area contributed by atoms with Gasteiger partial charge in [-0.05, 0) is 17.5 Å². The van der Waals surface area contributed by atoms with E-state index in [-0.39, 0.29) is 11.1 Å². The fraction of sp³-hybridized carbons (Fsp3) is 0.154. The van der Waals surface area contributed by atoms with Crippen molar-refractivity contribution in [3.63, 3.8) is 0 Å². The zero-order valence-electron chi connectivity index (χ0n) is 10.0. The molecule has 0 saturated carbocycles. The van der Waals surface area contributed by atoms with Crippen LogP contribution in [0.4, 0.5) is 0 Å². The first-order valence-corrected chi connectivity index (χ1v) is 6.72. The second-order valence-electron chi connectivity index (χ2n) is 4.11. The largest absolute Gasteiger partial charge is 0.314 e. The second kappa shape index (κ2) is 4.81. The minimum Gasteiger partial charge on any atom is -0.314 e. The maximum atomic E-state index is 12.1. The highest BCUT2D eigenvalue weighted by Gasteiger charge is 2.05. The van der Waals surface area contributed by atoms with Crippen molar-refractivity contribution in [1.29, 1.82) is 0 Å². The number of thiophene rings is 1. The van der Waals surface area contributed by atoms with Crippen LogP contribution in [0.1, 0.15) is 0 Å². The van der Waals surface area contributed by atoms with Crippen molar-refractivity contribution in [2.45, 2.75) is 13.1 Å². The lowest BCUT2D eigenvalue weighted by atomic mass is 10.4. The van der Waals surface area contributed by atoms with E-state index in [1.54, 1.807) is 22.9 Å². The molecule has 0 amide bonds. The monoisotopic (exact) mass is 273 g/mol. The number of fused-ring (bicyclic) bond motifs is 1. The Kier molecular flexibility index (Phi) is 3.00. The van der Waals surface area contributed by atoms with Gasteiger partial charge >= 0.3 is 0 Å². The Morgan fingerprint density at radius 2 is 1.95 bits per heavy atom. The summed E-state index contributed by atoms with van der Waals surface area (Å²) in [6, 6.07) is 6.83. The Morgan fingerprint density at radius 3 is 2.79 bits per heavy atom. The van der Waals surface area contributed by atoms with Gasteiger partial charge in [-0.25, -0.2) is 4.98 Å². The predicted molar refractivity (Wildman–Crippen MR) is 74.6 cm³/mol. The number of pyridine rings is 1. The van der Waals surface area contributed by atoms with Gasteiger partial charge in [0.15, 0.2) is 0 Å². The summed E-state index contributed by atoms with van der Waals surface area (Å²) >= 11 is 1.39. The number of aromatic nitrogens is 3. The molecule has 6 heteroatoms. The van der Waals surface area contributed by atoms with E-state index < -0.39 is 0 Å². The van der Waals surface area contributed by atoms with Crippen LogP contribution in [0, 0.1) is 0 Å². The van der Waals surface area contributed by atoms with Crippen molar-refractivity contribution in [2.24, 2.45) is 0 Å². The number of hydrogen-bond donors (Lipinski definition) is 0. The Bertz CT molecular complexity index is 831. The molecule has 0 atom stereocenters. The van der Waals surface area contributed by atoms with Crippen molar-refractivity contribution in [2.75, 3.05) is 0 Å². The first-order valence-electron chi connectivity index (χ1n) is 5.84. The highest BCUT2D eigenvalue weighted by molar-refractivity contribution is 7.17. The van der Waals surface area contributed by atoms with Crippen molar-refractivity contribution in [1.82, 2.24) is 14.1 Å². The molecule has 0 N–H and O–H groups in total. The molecule has 0 aliphatic rings. The van der Waals surface area contributed by atoms with Crippen LogP contribution in [-0.2, 0) is 13.1 Å². The minimum absolute atomic E-state index is 0.0519. The summed E-state index contributed by atoms with van der Waals surface area (Å²) < 4.78 is 3.77. The van der Waals surface area contributed by atoms with E-state index in [1.807, 2.05) is 11.4 Å². The molecular formula is C13H11N3O2S. The van der Waals surface area contributed by atoms with E-state index in [2.05, 4.69) is 4.98 Å². The van der Waals surface area contributed by atoms with Gasteiger partial charge in [-0.2, -0.15) is 0 Å². The molecule has 0 aliphatic carbocycles. The average Bonchev–Trinajstić information content (AvgIpc) is 2.89. The third-order valence-electron chi connectivity index (χ3n) is 2.92. The lowest BCUT2D eigenvalue weighted by Gasteiger charge is -2.07. The molecule has 96 valence electrons. The number of nitrogens with zero attached hydrogens (tertiary/aromatic N) is 3. The molecular weight excluding hydrogens is 262 g/mol. The molecule has 3 aromatic heterocycles. The topological polar surface area (TPSA) is 56.9 Å². The lowest BCUT2D eigenvalue weighted by molar-refractivity contribution is 0.550. The fourth-order valence-electron chi connectivity index (χ4n) is 1.90. The Labute approximate surface area is 112 Å². The molecule has 3 heterocycles. The highest BCUT2D eigenvalue weighted by atomic mass is 32.1. The van der Waals surface area contributed by atoms with Crippen molar-refractivity contribution < 1.29 is 0 Å². The summed E-state index contributed by atoms with van der Waals surface area (Å²) in [5, 5.41) is 1.85. The van der Waals surface area contributed by atoms with Gasteiger partial charge in [0.25, 0.3) is 11.1 Å². The summed E-state index contributed by atoms with van der Waals surface area (Å²) in [7, 11) is 0. The van der Waals surface area contributed by atoms with E-state index in [0.29, 0.717) is 17.8 Å². The summed E-state index contributed by atoms with van der Waals surface area (Å²) in [5.74, 6) is 0. The normalized spacial score (nSPS) is 10.9. The first kappa shape index (κ1) is 11.9. The van der Waals surface area contributed by atoms with Gasteiger partial charge in [0.05, 0.1) is 11.8 Å². The molecule has 0 fully saturated rings. The highest BCUT2D eigenvalue weighted by Crippen LogP contribution is 2.12. The van der Waals surface area contributed by atoms with E-state index >= 15 is 0 Å². The van der Waals surface area contributed by atoms with Crippen molar-refractivity contribution in [3.8, 4) is 0 Å². The van der Waals surface area contributed by atoms with Crippen LogP contribution in [0.3, 0.4) is 0 Å². The Hall–Kier alpha value is -2.21. The third-order valence-corrected chi connectivity index (χ3v) is 3.81. The second-order valence-corrected chi connectivity index (χ2v) is 5.03. The van der Waals surface area contributed by atoms with Crippen LogP contribution in [-0.4, -0.2) is 14.1 Å². The van der Waals surface area contributed by atoms with Gasteiger partial charge < -0.3 is 4.57 Å². The van der Waals surface area contributed by atoms with E-state index in [1.165, 1.54) is 28.3 Å². The smallest absolute Gasteiger partial charge is 0.271 e. The van der Waals surface area contributed by atoms with Crippen LogP contribution >= 0.6 is 11.3 Å². The van der Waals surface area contributed by atoms with E-state index in [9.17, 15) is 9.59 Å². The van der Waals surface area contributed by atoms with Gasteiger partial charge in [0, 0.05) is 25.4 Å². The summed E-state index contributed by atoms with van der Waals surface area (Å²) in [6.45, 7) is 0.891. The number of hydrogen-bond acceptors (Lipinski definition) is 4. The molecule has 0 radical (unpaired) electrons. The molecule has 0 aliphatic heterocycles. The van der Waals surface area contributed by atoms with Crippen molar-refractivity contribution in [3.05, 3.63) is 62.9 Å². The lowest BCUT2D eigenvalue weighted by Crippen LogP contribution is -2.26. The van der Waals surface area contributed by atoms with Crippen molar-refractivity contribution >= 4 is 21.6 Å². The fourth-order valence-corrected chi connectivity index (χ4v) is 2.69. The number of rotatable bonds is 3. The zero-order chi connectivity index (χ0) is 13.2. The Balaban J connectivity index is 1.90. The van der Waals surface area contributed by atoms with Crippen LogP contribution < -0.4 is 11.1 Å². The van der Waals surface area contributed by atoms with Crippen LogP contribution in [0.2, 0.25) is 0 Å². The minimum atomic E-state index is -0.0688. The average molecular weight is 273 g/mol. The van der Waals surface area contributed by atoms with Crippen LogP contribution in [0.25, 0.3) is 10.2 Å². The molecule has 5 nitrogen and oxygen atoms in total. The van der Waals surface area contributed by atoms with Gasteiger partial charge in [0.2, 0.25) is 0 Å². The first-order chi connectivity index (χ1) is 9.25.